The van der Waals surface area contributed by atoms with Gasteiger partial charge in [0.15, 0.2) is 17.3 Å². The van der Waals surface area contributed by atoms with E-state index in [4.69, 9.17) is 18.7 Å². The summed E-state index contributed by atoms with van der Waals surface area (Å²) in [6, 6.07) is 5.73. The minimum atomic E-state index is 0.251. The second-order valence-corrected chi connectivity index (χ2v) is 5.18. The Morgan fingerprint density at radius 2 is 2.00 bits per heavy atom. The fourth-order valence-corrected chi connectivity index (χ4v) is 2.65. The van der Waals surface area contributed by atoms with Gasteiger partial charge in [0.2, 0.25) is 6.79 Å². The largest absolute Gasteiger partial charge is 0.497 e. The number of methoxy groups -OCH3 is 1. The lowest BCUT2D eigenvalue weighted by molar-refractivity contribution is 0.174. The molecule has 1 aromatic heterocycles. The van der Waals surface area contributed by atoms with Crippen LogP contribution in [0.3, 0.4) is 0 Å². The Kier molecular flexibility index (Phi) is 3.38. The van der Waals surface area contributed by atoms with Gasteiger partial charge in [0.25, 0.3) is 0 Å². The van der Waals surface area contributed by atoms with Crippen LogP contribution in [-0.2, 0) is 4.74 Å². The summed E-state index contributed by atoms with van der Waals surface area (Å²) in [6.07, 6.45) is 10.6. The fraction of sp³-hybridized carbons (Fsp3) is 0.167. The first-order chi connectivity index (χ1) is 11.3. The van der Waals surface area contributed by atoms with Crippen LogP contribution in [0.1, 0.15) is 12.0 Å². The van der Waals surface area contributed by atoms with Gasteiger partial charge in [-0.05, 0) is 42.3 Å². The molecule has 1 aliphatic heterocycles. The van der Waals surface area contributed by atoms with Crippen LogP contribution in [0.4, 0.5) is 0 Å². The van der Waals surface area contributed by atoms with Gasteiger partial charge in [0, 0.05) is 11.1 Å². The van der Waals surface area contributed by atoms with Crippen LogP contribution in [0.2, 0.25) is 0 Å². The summed E-state index contributed by atoms with van der Waals surface area (Å²) in [7, 11) is 1.67. The van der Waals surface area contributed by atoms with Gasteiger partial charge in [-0.3, -0.25) is 0 Å². The standard InChI is InChI=1S/C18H15NO4/c1-20-14-4-2-3-12(5-7-14)15-10-19-23-18(15)13-6-8-16-17(9-13)22-11-21-16/h3-10H,2,11H2,1H3. The number of aromatic nitrogens is 1. The van der Waals surface area contributed by atoms with Gasteiger partial charge in [0.1, 0.15) is 5.76 Å². The molecule has 0 bridgehead atoms. The number of allylic oxidation sites excluding steroid dienone is 5. The van der Waals surface area contributed by atoms with E-state index in [9.17, 15) is 0 Å². The third kappa shape index (κ3) is 2.50. The van der Waals surface area contributed by atoms with Crippen molar-refractivity contribution in [3.8, 4) is 22.8 Å². The SMILES string of the molecule is COC1=CCC=C(c2cnoc2-c2ccc3c(c2)OCO3)C=C1. The van der Waals surface area contributed by atoms with E-state index in [1.54, 1.807) is 13.3 Å². The Morgan fingerprint density at radius 3 is 2.91 bits per heavy atom. The fourth-order valence-electron chi connectivity index (χ4n) is 2.65. The van der Waals surface area contributed by atoms with E-state index in [-0.39, 0.29) is 6.79 Å². The van der Waals surface area contributed by atoms with E-state index < -0.39 is 0 Å². The quantitative estimate of drug-likeness (QED) is 0.859. The molecule has 2 aromatic rings. The first kappa shape index (κ1) is 13.7. The topological polar surface area (TPSA) is 53.7 Å². The summed E-state index contributed by atoms with van der Waals surface area (Å²) in [4.78, 5) is 0. The van der Waals surface area contributed by atoms with Crippen molar-refractivity contribution in [2.24, 2.45) is 0 Å². The molecule has 2 aliphatic rings. The summed E-state index contributed by atoms with van der Waals surface area (Å²) in [5.41, 5.74) is 2.88. The maximum Gasteiger partial charge on any atom is 0.231 e. The van der Waals surface area contributed by atoms with Crippen molar-refractivity contribution in [2.45, 2.75) is 6.42 Å². The monoisotopic (exact) mass is 309 g/mol. The molecule has 2 heterocycles. The zero-order chi connectivity index (χ0) is 15.6. The van der Waals surface area contributed by atoms with Gasteiger partial charge in [-0.25, -0.2) is 0 Å². The van der Waals surface area contributed by atoms with E-state index >= 15 is 0 Å². The summed E-state index contributed by atoms with van der Waals surface area (Å²) in [6.45, 7) is 0.251. The molecule has 1 aromatic carbocycles. The predicted molar refractivity (Wildman–Crippen MR) is 84.9 cm³/mol. The van der Waals surface area contributed by atoms with Crippen LogP contribution in [0.15, 0.2) is 59.0 Å². The first-order valence-electron chi connectivity index (χ1n) is 7.32. The van der Waals surface area contributed by atoms with Crippen LogP contribution >= 0.6 is 0 Å². The van der Waals surface area contributed by atoms with E-state index in [1.807, 2.05) is 36.4 Å². The number of ether oxygens (including phenoxy) is 3. The van der Waals surface area contributed by atoms with E-state index in [2.05, 4.69) is 11.2 Å². The number of rotatable bonds is 3. The number of nitrogens with zero attached hydrogens (tertiary/aromatic N) is 1. The summed E-state index contributed by atoms with van der Waals surface area (Å²) >= 11 is 0. The molecule has 0 amide bonds. The molecule has 5 nitrogen and oxygen atoms in total. The molecule has 0 N–H and O–H groups in total. The van der Waals surface area contributed by atoms with Gasteiger partial charge in [-0.1, -0.05) is 17.3 Å². The second kappa shape index (κ2) is 5.68. The van der Waals surface area contributed by atoms with Gasteiger partial charge < -0.3 is 18.7 Å². The van der Waals surface area contributed by atoms with Crippen molar-refractivity contribution in [1.82, 2.24) is 5.16 Å². The number of fused-ring (bicyclic) bond motifs is 1. The lowest BCUT2D eigenvalue weighted by Gasteiger charge is -2.03. The highest BCUT2D eigenvalue weighted by molar-refractivity contribution is 5.83. The molecule has 0 spiro atoms. The third-order valence-corrected chi connectivity index (χ3v) is 3.84. The highest BCUT2D eigenvalue weighted by Crippen LogP contribution is 2.38. The molecule has 0 saturated carbocycles. The zero-order valence-corrected chi connectivity index (χ0v) is 12.6. The average Bonchev–Trinajstić information content (AvgIpc) is 3.18. The van der Waals surface area contributed by atoms with Gasteiger partial charge in [-0.2, -0.15) is 0 Å². The number of hydrogen-bond donors (Lipinski definition) is 0. The molecule has 0 unspecified atom stereocenters. The van der Waals surface area contributed by atoms with Gasteiger partial charge in [0.05, 0.1) is 13.3 Å². The third-order valence-electron chi connectivity index (χ3n) is 3.84. The Bertz CT molecular complexity index is 829. The smallest absolute Gasteiger partial charge is 0.231 e. The Morgan fingerprint density at radius 1 is 1.09 bits per heavy atom. The molecule has 0 atom stereocenters. The van der Waals surface area contributed by atoms with Gasteiger partial charge >= 0.3 is 0 Å². The summed E-state index contributed by atoms with van der Waals surface area (Å²) in [5.74, 6) is 3.02. The minimum Gasteiger partial charge on any atom is -0.497 e. The van der Waals surface area contributed by atoms with Crippen LogP contribution in [-0.4, -0.2) is 19.1 Å². The summed E-state index contributed by atoms with van der Waals surface area (Å²) < 4.78 is 21.5. The molecule has 1 aliphatic carbocycles. The van der Waals surface area contributed by atoms with Crippen molar-refractivity contribution in [3.63, 3.8) is 0 Å². The molecule has 0 saturated heterocycles. The molecule has 116 valence electrons. The van der Waals surface area contributed by atoms with Crippen LogP contribution in [0.25, 0.3) is 16.9 Å². The molecule has 4 rings (SSSR count). The molecule has 0 radical (unpaired) electrons. The molecular formula is C18H15NO4. The average molecular weight is 309 g/mol. The lowest BCUT2D eigenvalue weighted by atomic mass is 10.0. The maximum atomic E-state index is 5.49. The lowest BCUT2D eigenvalue weighted by Crippen LogP contribution is -1.92. The summed E-state index contributed by atoms with van der Waals surface area (Å²) in [5, 5.41) is 3.97. The first-order valence-corrected chi connectivity index (χ1v) is 7.32. The van der Waals surface area contributed by atoms with E-state index in [1.165, 1.54) is 0 Å². The second-order valence-electron chi connectivity index (χ2n) is 5.18. The van der Waals surface area contributed by atoms with Crippen molar-refractivity contribution in [1.29, 1.82) is 0 Å². The maximum absolute atomic E-state index is 5.49. The zero-order valence-electron chi connectivity index (χ0n) is 12.6. The Balaban J connectivity index is 1.71. The molecule has 23 heavy (non-hydrogen) atoms. The number of hydrogen-bond acceptors (Lipinski definition) is 5. The van der Waals surface area contributed by atoms with Crippen molar-refractivity contribution in [2.75, 3.05) is 13.9 Å². The predicted octanol–water partition coefficient (Wildman–Crippen LogP) is 3.94. The van der Waals surface area contributed by atoms with Crippen molar-refractivity contribution < 1.29 is 18.7 Å². The van der Waals surface area contributed by atoms with Crippen LogP contribution in [0, 0.1) is 0 Å². The minimum absolute atomic E-state index is 0.251. The number of benzene rings is 1. The van der Waals surface area contributed by atoms with Gasteiger partial charge in [-0.15, -0.1) is 0 Å². The Hall–Kier alpha value is -2.95. The molecule has 5 heteroatoms. The molecule has 0 fully saturated rings. The van der Waals surface area contributed by atoms with Crippen molar-refractivity contribution >= 4 is 5.57 Å². The Labute approximate surface area is 133 Å². The van der Waals surface area contributed by atoms with E-state index in [0.29, 0.717) is 5.76 Å². The normalized spacial score (nSPS) is 15.9. The molecular weight excluding hydrogens is 294 g/mol. The highest BCUT2D eigenvalue weighted by atomic mass is 16.7. The van der Waals surface area contributed by atoms with Crippen LogP contribution in [0.5, 0.6) is 11.5 Å². The van der Waals surface area contributed by atoms with Crippen LogP contribution < -0.4 is 9.47 Å². The van der Waals surface area contributed by atoms with E-state index in [0.717, 1.165) is 40.4 Å². The van der Waals surface area contributed by atoms with Crippen molar-refractivity contribution in [3.05, 3.63) is 60.0 Å². The highest BCUT2D eigenvalue weighted by Gasteiger charge is 2.19.